The molecule has 0 bridgehead atoms. The van der Waals surface area contributed by atoms with Crippen molar-refractivity contribution in [3.8, 4) is 11.5 Å². The van der Waals surface area contributed by atoms with Crippen LogP contribution in [0.25, 0.3) is 10.8 Å². The third-order valence-corrected chi connectivity index (χ3v) is 4.84. The largest absolute Gasteiger partial charge is 0.494 e. The van der Waals surface area contributed by atoms with E-state index in [1.165, 1.54) is 0 Å². The van der Waals surface area contributed by atoms with Crippen molar-refractivity contribution in [3.63, 3.8) is 0 Å². The second-order valence-corrected chi connectivity index (χ2v) is 7.29. The van der Waals surface area contributed by atoms with Crippen molar-refractivity contribution in [1.29, 1.82) is 0 Å². The number of benzene rings is 3. The van der Waals surface area contributed by atoms with Crippen LogP contribution in [0.4, 0.5) is 0 Å². The van der Waals surface area contributed by atoms with E-state index in [9.17, 15) is 9.59 Å². The number of hydrogen-bond donors (Lipinski definition) is 2. The lowest BCUT2D eigenvalue weighted by Crippen LogP contribution is -2.47. The molecule has 0 fully saturated rings. The van der Waals surface area contributed by atoms with Crippen LogP contribution in [0, 0.1) is 0 Å². The molecule has 162 valence electrons. The Morgan fingerprint density at radius 1 is 0.871 bits per heavy atom. The van der Waals surface area contributed by atoms with Gasteiger partial charge in [0.15, 0.2) is 6.10 Å². The molecule has 3 rings (SSSR count). The summed E-state index contributed by atoms with van der Waals surface area (Å²) in [6.45, 7) is 4.42. The van der Waals surface area contributed by atoms with Crippen molar-refractivity contribution >= 4 is 22.6 Å². The van der Waals surface area contributed by atoms with Gasteiger partial charge in [0.1, 0.15) is 11.5 Å². The molecule has 0 saturated heterocycles. The number of ether oxygens (including phenoxy) is 2. The number of carbonyl (C=O) groups excluding carboxylic acids is 2. The number of carbonyl (C=O) groups is 2. The first-order valence-electron chi connectivity index (χ1n) is 10.6. The van der Waals surface area contributed by atoms with Gasteiger partial charge < -0.3 is 9.47 Å². The van der Waals surface area contributed by atoms with Crippen LogP contribution in [0.5, 0.6) is 11.5 Å². The van der Waals surface area contributed by atoms with Crippen LogP contribution in [0.15, 0.2) is 66.7 Å². The molecule has 0 aromatic heterocycles. The highest BCUT2D eigenvalue weighted by Gasteiger charge is 2.16. The molecule has 0 aliphatic carbocycles. The zero-order valence-electron chi connectivity index (χ0n) is 17.9. The van der Waals surface area contributed by atoms with E-state index in [0.29, 0.717) is 23.7 Å². The van der Waals surface area contributed by atoms with Gasteiger partial charge in [0.2, 0.25) is 0 Å². The molecule has 3 aromatic rings. The minimum absolute atomic E-state index is 0.413. The lowest BCUT2D eigenvalue weighted by Gasteiger charge is -2.15. The fourth-order valence-electron chi connectivity index (χ4n) is 3.04. The van der Waals surface area contributed by atoms with Gasteiger partial charge in [0.25, 0.3) is 11.8 Å². The minimum Gasteiger partial charge on any atom is -0.494 e. The van der Waals surface area contributed by atoms with E-state index >= 15 is 0 Å². The van der Waals surface area contributed by atoms with Crippen LogP contribution in [0.3, 0.4) is 0 Å². The van der Waals surface area contributed by atoms with Gasteiger partial charge in [-0.05, 0) is 60.5 Å². The van der Waals surface area contributed by atoms with E-state index in [-0.39, 0.29) is 0 Å². The molecular weight excluding hydrogens is 392 g/mol. The maximum atomic E-state index is 12.3. The Labute approximate surface area is 182 Å². The number of hydrazine groups is 1. The van der Waals surface area contributed by atoms with E-state index in [2.05, 4.69) is 17.8 Å². The first kappa shape index (κ1) is 22.2. The second-order valence-electron chi connectivity index (χ2n) is 7.29. The highest BCUT2D eigenvalue weighted by Crippen LogP contribution is 2.21. The number of unbranched alkanes of at least 4 members (excludes halogenated alkanes) is 2. The number of rotatable bonds is 9. The summed E-state index contributed by atoms with van der Waals surface area (Å²) in [6, 6.07) is 20.3. The van der Waals surface area contributed by atoms with Gasteiger partial charge in [-0.25, -0.2) is 0 Å². The topological polar surface area (TPSA) is 76.7 Å². The molecule has 2 N–H and O–H groups in total. The van der Waals surface area contributed by atoms with Crippen molar-refractivity contribution in [2.24, 2.45) is 0 Å². The number of hydrogen-bond acceptors (Lipinski definition) is 4. The van der Waals surface area contributed by atoms with Crippen molar-refractivity contribution < 1.29 is 19.1 Å². The Morgan fingerprint density at radius 3 is 2.32 bits per heavy atom. The predicted octanol–water partition coefficient (Wildman–Crippen LogP) is 4.64. The Balaban J connectivity index is 1.47. The van der Waals surface area contributed by atoms with E-state index in [0.717, 1.165) is 30.0 Å². The maximum absolute atomic E-state index is 12.3. The summed E-state index contributed by atoms with van der Waals surface area (Å²) in [5.74, 6) is 0.442. The van der Waals surface area contributed by atoms with Crippen molar-refractivity contribution in [2.45, 2.75) is 39.2 Å². The van der Waals surface area contributed by atoms with E-state index < -0.39 is 17.9 Å². The molecule has 0 heterocycles. The highest BCUT2D eigenvalue weighted by atomic mass is 16.5. The van der Waals surface area contributed by atoms with E-state index in [4.69, 9.17) is 9.47 Å². The predicted molar refractivity (Wildman–Crippen MR) is 121 cm³/mol. The van der Waals surface area contributed by atoms with Gasteiger partial charge in [0, 0.05) is 5.56 Å². The summed E-state index contributed by atoms with van der Waals surface area (Å²) in [5.41, 5.74) is 5.24. The quantitative estimate of drug-likeness (QED) is 0.391. The van der Waals surface area contributed by atoms with Gasteiger partial charge in [-0.2, -0.15) is 0 Å². The number of nitrogens with one attached hydrogen (secondary N) is 2. The Bertz CT molecular complexity index is 1020. The van der Waals surface area contributed by atoms with Crippen molar-refractivity contribution in [1.82, 2.24) is 10.9 Å². The Kier molecular flexibility index (Phi) is 7.87. The fourth-order valence-corrected chi connectivity index (χ4v) is 3.04. The zero-order valence-corrected chi connectivity index (χ0v) is 17.9. The van der Waals surface area contributed by atoms with Crippen LogP contribution in [-0.2, 0) is 4.79 Å². The first-order valence-corrected chi connectivity index (χ1v) is 10.6. The highest BCUT2D eigenvalue weighted by molar-refractivity contribution is 5.95. The third kappa shape index (κ3) is 6.47. The molecule has 6 heteroatoms. The normalized spacial score (nSPS) is 11.5. The Hall–Kier alpha value is -3.54. The first-order chi connectivity index (χ1) is 15.1. The third-order valence-electron chi connectivity index (χ3n) is 4.84. The second kappa shape index (κ2) is 11.0. The fraction of sp³-hybridized carbons (Fsp3) is 0.280. The SMILES string of the molecule is CCCCCOc1ccc(C(=O)NNC(=O)[C@H](C)Oc2ccc3ccccc3c2)cc1. The van der Waals surface area contributed by atoms with Crippen LogP contribution in [0.1, 0.15) is 43.5 Å². The number of fused-ring (bicyclic) bond motifs is 1. The summed E-state index contributed by atoms with van der Waals surface area (Å²) in [5, 5.41) is 2.12. The molecular formula is C25H28N2O4. The van der Waals surface area contributed by atoms with Crippen LogP contribution in [-0.4, -0.2) is 24.5 Å². The van der Waals surface area contributed by atoms with Gasteiger partial charge in [-0.3, -0.25) is 20.4 Å². The van der Waals surface area contributed by atoms with Gasteiger partial charge in [-0.1, -0.05) is 50.1 Å². The lowest BCUT2D eigenvalue weighted by atomic mass is 10.1. The molecule has 2 amide bonds. The van der Waals surface area contributed by atoms with Crippen LogP contribution < -0.4 is 20.3 Å². The molecule has 0 aliphatic rings. The van der Waals surface area contributed by atoms with Gasteiger partial charge in [0.05, 0.1) is 6.61 Å². The lowest BCUT2D eigenvalue weighted by molar-refractivity contribution is -0.128. The summed E-state index contributed by atoms with van der Waals surface area (Å²) in [6.07, 6.45) is 2.49. The smallest absolute Gasteiger partial charge is 0.279 e. The van der Waals surface area contributed by atoms with E-state index in [1.54, 1.807) is 31.2 Å². The summed E-state index contributed by atoms with van der Waals surface area (Å²) in [4.78, 5) is 24.6. The van der Waals surface area contributed by atoms with Crippen molar-refractivity contribution in [3.05, 3.63) is 72.3 Å². The van der Waals surface area contributed by atoms with Crippen LogP contribution in [0.2, 0.25) is 0 Å². The van der Waals surface area contributed by atoms with Gasteiger partial charge >= 0.3 is 0 Å². The zero-order chi connectivity index (χ0) is 22.1. The van der Waals surface area contributed by atoms with E-state index in [1.807, 2.05) is 42.5 Å². The molecule has 0 aliphatic heterocycles. The maximum Gasteiger partial charge on any atom is 0.279 e. The standard InChI is InChI=1S/C25H28N2O4/c1-3-4-7-16-30-22-13-11-20(12-14-22)25(29)27-26-24(28)18(2)31-23-15-10-19-8-5-6-9-21(19)17-23/h5-6,8-15,17-18H,3-4,7,16H2,1-2H3,(H,26,28)(H,27,29)/t18-/m0/s1. The Morgan fingerprint density at radius 2 is 1.58 bits per heavy atom. The summed E-state index contributed by atoms with van der Waals surface area (Å²) in [7, 11) is 0. The monoisotopic (exact) mass is 420 g/mol. The van der Waals surface area contributed by atoms with Crippen LogP contribution >= 0.6 is 0 Å². The van der Waals surface area contributed by atoms with Crippen molar-refractivity contribution in [2.75, 3.05) is 6.61 Å². The van der Waals surface area contributed by atoms with Gasteiger partial charge in [-0.15, -0.1) is 0 Å². The molecule has 0 radical (unpaired) electrons. The minimum atomic E-state index is -0.777. The average Bonchev–Trinajstić information content (AvgIpc) is 2.80. The molecule has 0 spiro atoms. The molecule has 0 unspecified atom stereocenters. The molecule has 0 saturated carbocycles. The summed E-state index contributed by atoms with van der Waals surface area (Å²) >= 11 is 0. The molecule has 3 aromatic carbocycles. The number of amides is 2. The molecule has 1 atom stereocenters. The summed E-state index contributed by atoms with van der Waals surface area (Å²) < 4.78 is 11.4. The average molecular weight is 421 g/mol. The molecule has 6 nitrogen and oxygen atoms in total. The molecule has 31 heavy (non-hydrogen) atoms.